The minimum absolute atomic E-state index is 0.229. The van der Waals surface area contributed by atoms with E-state index in [1.54, 1.807) is 0 Å². The number of carbonyl (C=O) groups is 2. The Morgan fingerprint density at radius 3 is 2.54 bits per heavy atom. The zero-order chi connectivity index (χ0) is 16.5. The normalized spacial score (nSPS) is 23.2. The number of urea groups is 1. The lowest BCUT2D eigenvalue weighted by Crippen LogP contribution is -2.62. The molecule has 0 bridgehead atoms. The first-order valence-corrected chi connectivity index (χ1v) is 8.48. The summed E-state index contributed by atoms with van der Waals surface area (Å²) < 4.78 is 0. The maximum Gasteiger partial charge on any atom is 0.329 e. The molecule has 0 spiro atoms. The van der Waals surface area contributed by atoms with Crippen molar-refractivity contribution < 1.29 is 9.59 Å². The Bertz CT molecular complexity index is 622. The highest BCUT2D eigenvalue weighted by Crippen LogP contribution is 2.25. The fourth-order valence-corrected chi connectivity index (χ4v) is 3.45. The molecule has 8 nitrogen and oxygen atoms in total. The molecule has 3 fully saturated rings. The Hall–Kier alpha value is -2.19. The molecule has 3 aliphatic rings. The molecule has 1 aromatic rings. The van der Waals surface area contributed by atoms with Crippen molar-refractivity contribution in [3.05, 3.63) is 18.3 Å². The molecular formula is C16H22N6O2. The van der Waals surface area contributed by atoms with Crippen molar-refractivity contribution in [2.24, 2.45) is 0 Å². The van der Waals surface area contributed by atoms with E-state index in [2.05, 4.69) is 25.4 Å². The average molecular weight is 330 g/mol. The molecular weight excluding hydrogens is 308 g/mol. The van der Waals surface area contributed by atoms with E-state index < -0.39 is 6.03 Å². The summed E-state index contributed by atoms with van der Waals surface area (Å²) in [5.74, 6) is 0.357. The minimum Gasteiger partial charge on any atom is -0.367 e. The highest BCUT2D eigenvalue weighted by molar-refractivity contribution is 6.05. The number of pyridine rings is 1. The van der Waals surface area contributed by atoms with Crippen LogP contribution in [0.2, 0.25) is 0 Å². The van der Waals surface area contributed by atoms with Crippen molar-refractivity contribution in [1.29, 1.82) is 0 Å². The molecule has 0 aliphatic carbocycles. The molecule has 2 N–H and O–H groups in total. The van der Waals surface area contributed by atoms with Gasteiger partial charge in [0.15, 0.2) is 0 Å². The van der Waals surface area contributed by atoms with E-state index in [4.69, 9.17) is 0 Å². The molecule has 0 atom stereocenters. The number of carbonyl (C=O) groups excluding carboxylic acids is 2. The Labute approximate surface area is 140 Å². The lowest BCUT2D eigenvalue weighted by atomic mass is 10.1. The van der Waals surface area contributed by atoms with E-state index in [9.17, 15) is 9.59 Å². The minimum atomic E-state index is -0.394. The second-order valence-electron chi connectivity index (χ2n) is 6.47. The fraction of sp³-hybridized carbons (Fsp3) is 0.562. The number of nitrogens with zero attached hydrogens (tertiary/aromatic N) is 4. The Balaban J connectivity index is 1.35. The summed E-state index contributed by atoms with van der Waals surface area (Å²) in [5, 5.41) is 5.70. The van der Waals surface area contributed by atoms with Crippen molar-refractivity contribution >= 4 is 23.4 Å². The standard InChI is InChI=1S/C16H22N6O2/c23-15-3-6-22(16(24)19-15)14-2-1-12(9-18-14)21-10-13(11-21)20-7-4-17-5-8-20/h1-2,9,13,17H,3-8,10-11H2,(H,19,23,24). The molecule has 4 heterocycles. The van der Waals surface area contributed by atoms with Gasteiger partial charge in [0.05, 0.1) is 11.9 Å². The van der Waals surface area contributed by atoms with Crippen LogP contribution in [0, 0.1) is 0 Å². The van der Waals surface area contributed by atoms with Gasteiger partial charge in [-0.2, -0.15) is 0 Å². The summed E-state index contributed by atoms with van der Waals surface area (Å²) in [4.78, 5) is 33.8. The van der Waals surface area contributed by atoms with E-state index in [1.807, 2.05) is 18.3 Å². The van der Waals surface area contributed by atoms with Gasteiger partial charge in [-0.15, -0.1) is 0 Å². The van der Waals surface area contributed by atoms with Gasteiger partial charge in [0.1, 0.15) is 5.82 Å². The predicted octanol–water partition coefficient (Wildman–Crippen LogP) is -0.378. The van der Waals surface area contributed by atoms with Crippen LogP contribution in [0.3, 0.4) is 0 Å². The largest absolute Gasteiger partial charge is 0.367 e. The third-order valence-electron chi connectivity index (χ3n) is 4.96. The highest BCUT2D eigenvalue weighted by atomic mass is 16.2. The van der Waals surface area contributed by atoms with Crippen molar-refractivity contribution in [2.75, 3.05) is 55.6 Å². The molecule has 4 rings (SSSR count). The van der Waals surface area contributed by atoms with Crippen LogP contribution in [0.25, 0.3) is 0 Å². The number of anilines is 2. The van der Waals surface area contributed by atoms with Crippen molar-refractivity contribution in [2.45, 2.75) is 12.5 Å². The summed E-state index contributed by atoms with van der Waals surface area (Å²) in [5.41, 5.74) is 1.08. The number of aromatic nitrogens is 1. The molecule has 0 aromatic carbocycles. The van der Waals surface area contributed by atoms with E-state index in [0.29, 0.717) is 24.8 Å². The summed E-state index contributed by atoms with van der Waals surface area (Å²) >= 11 is 0. The molecule has 128 valence electrons. The number of hydrogen-bond donors (Lipinski definition) is 2. The zero-order valence-corrected chi connectivity index (χ0v) is 13.6. The predicted molar refractivity (Wildman–Crippen MR) is 90.2 cm³/mol. The quantitative estimate of drug-likeness (QED) is 0.787. The summed E-state index contributed by atoms with van der Waals surface area (Å²) in [7, 11) is 0. The SMILES string of the molecule is O=C1CCN(c2ccc(N3CC(N4CCNCC4)C3)cn2)C(=O)N1. The van der Waals surface area contributed by atoms with Gasteiger partial charge >= 0.3 is 6.03 Å². The third-order valence-corrected chi connectivity index (χ3v) is 4.96. The number of piperazine rings is 1. The van der Waals surface area contributed by atoms with E-state index in [1.165, 1.54) is 4.90 Å². The van der Waals surface area contributed by atoms with Gasteiger partial charge < -0.3 is 10.2 Å². The maximum atomic E-state index is 11.8. The Kier molecular flexibility index (Phi) is 4.07. The topological polar surface area (TPSA) is 80.8 Å². The van der Waals surface area contributed by atoms with Gasteiger partial charge in [-0.1, -0.05) is 0 Å². The van der Waals surface area contributed by atoms with Crippen LogP contribution in [-0.4, -0.2) is 73.7 Å². The van der Waals surface area contributed by atoms with Crippen LogP contribution < -0.4 is 20.4 Å². The zero-order valence-electron chi connectivity index (χ0n) is 13.6. The Morgan fingerprint density at radius 1 is 1.08 bits per heavy atom. The van der Waals surface area contributed by atoms with Crippen LogP contribution in [0.1, 0.15) is 6.42 Å². The van der Waals surface area contributed by atoms with Gasteiger partial charge in [0.2, 0.25) is 5.91 Å². The average Bonchev–Trinajstić information content (AvgIpc) is 2.55. The smallest absolute Gasteiger partial charge is 0.329 e. The maximum absolute atomic E-state index is 11.8. The third kappa shape index (κ3) is 2.94. The summed E-state index contributed by atoms with van der Waals surface area (Å²) in [6.07, 6.45) is 2.13. The molecule has 0 unspecified atom stereocenters. The van der Waals surface area contributed by atoms with Gasteiger partial charge in [-0.05, 0) is 12.1 Å². The Morgan fingerprint density at radius 2 is 1.88 bits per heavy atom. The van der Waals surface area contributed by atoms with Crippen LogP contribution in [0.15, 0.2) is 18.3 Å². The first kappa shape index (κ1) is 15.3. The molecule has 1 aromatic heterocycles. The van der Waals surface area contributed by atoms with E-state index >= 15 is 0 Å². The van der Waals surface area contributed by atoms with Crippen molar-refractivity contribution in [3.8, 4) is 0 Å². The van der Waals surface area contributed by atoms with Gasteiger partial charge in [-0.3, -0.25) is 19.9 Å². The second-order valence-corrected chi connectivity index (χ2v) is 6.47. The molecule has 8 heteroatoms. The van der Waals surface area contributed by atoms with Gasteiger partial charge in [-0.25, -0.2) is 9.78 Å². The molecule has 3 saturated heterocycles. The molecule has 3 aliphatic heterocycles. The number of nitrogens with one attached hydrogen (secondary N) is 2. The lowest BCUT2D eigenvalue weighted by molar-refractivity contribution is -0.120. The molecule has 0 radical (unpaired) electrons. The fourth-order valence-electron chi connectivity index (χ4n) is 3.45. The van der Waals surface area contributed by atoms with Crippen LogP contribution in [0.4, 0.5) is 16.3 Å². The first-order valence-electron chi connectivity index (χ1n) is 8.48. The van der Waals surface area contributed by atoms with Crippen molar-refractivity contribution in [3.63, 3.8) is 0 Å². The van der Waals surface area contributed by atoms with Crippen LogP contribution >= 0.6 is 0 Å². The second kappa shape index (κ2) is 6.37. The molecule has 0 saturated carbocycles. The molecule has 3 amide bonds. The van der Waals surface area contributed by atoms with E-state index in [0.717, 1.165) is 45.0 Å². The first-order chi connectivity index (χ1) is 11.7. The lowest BCUT2D eigenvalue weighted by Gasteiger charge is -2.47. The number of imide groups is 1. The monoisotopic (exact) mass is 330 g/mol. The number of hydrogen-bond acceptors (Lipinski definition) is 6. The van der Waals surface area contributed by atoms with Gasteiger partial charge in [0, 0.05) is 58.3 Å². The van der Waals surface area contributed by atoms with Crippen LogP contribution in [-0.2, 0) is 4.79 Å². The van der Waals surface area contributed by atoms with Crippen molar-refractivity contribution in [1.82, 2.24) is 20.5 Å². The van der Waals surface area contributed by atoms with E-state index in [-0.39, 0.29) is 5.91 Å². The number of amides is 3. The number of rotatable bonds is 3. The molecule has 24 heavy (non-hydrogen) atoms. The van der Waals surface area contributed by atoms with Gasteiger partial charge in [0.25, 0.3) is 0 Å². The highest BCUT2D eigenvalue weighted by Gasteiger charge is 2.32. The summed E-state index contributed by atoms with van der Waals surface area (Å²) in [6, 6.07) is 4.09. The van der Waals surface area contributed by atoms with Crippen LogP contribution in [0.5, 0.6) is 0 Å². The summed E-state index contributed by atoms with van der Waals surface area (Å²) in [6.45, 7) is 6.84.